The zero-order valence-electron chi connectivity index (χ0n) is 14.2. The number of carbonyl (C=O) groups is 2. The van der Waals surface area contributed by atoms with Crippen LogP contribution in [-0.4, -0.2) is 31.2 Å². The van der Waals surface area contributed by atoms with E-state index in [0.29, 0.717) is 13.1 Å². The highest BCUT2D eigenvalue weighted by Crippen LogP contribution is 2.51. The number of hydrogen-bond acceptors (Lipinski definition) is 3. The van der Waals surface area contributed by atoms with Gasteiger partial charge in [0.15, 0.2) is 0 Å². The Morgan fingerprint density at radius 2 is 2.20 bits per heavy atom. The van der Waals surface area contributed by atoms with E-state index in [1.54, 1.807) is 4.90 Å². The van der Waals surface area contributed by atoms with Gasteiger partial charge in [0.1, 0.15) is 6.10 Å². The number of ether oxygens (including phenoxy) is 1. The minimum Gasteiger partial charge on any atom is -0.442 e. The lowest BCUT2D eigenvalue weighted by atomic mass is 9.99. The number of anilines is 1. The Morgan fingerprint density at radius 3 is 2.80 bits per heavy atom. The summed E-state index contributed by atoms with van der Waals surface area (Å²) in [5.74, 6) is 0.212. The first-order chi connectivity index (χ1) is 12.0. The number of nitrogens with one attached hydrogen (secondary N) is 1. The SMILES string of the molecule is [C-]#[N+]C1(c2ccc(N3CC(CNC(=O)C4CC4)OC3=O)cc2C)CC1. The van der Waals surface area contributed by atoms with Gasteiger partial charge in [0.2, 0.25) is 5.91 Å². The summed E-state index contributed by atoms with van der Waals surface area (Å²) >= 11 is 0. The van der Waals surface area contributed by atoms with Crippen molar-refractivity contribution in [2.45, 2.75) is 44.2 Å². The highest BCUT2D eigenvalue weighted by molar-refractivity contribution is 5.90. The summed E-state index contributed by atoms with van der Waals surface area (Å²) in [4.78, 5) is 29.3. The zero-order valence-corrected chi connectivity index (χ0v) is 14.2. The quantitative estimate of drug-likeness (QED) is 0.839. The van der Waals surface area contributed by atoms with Gasteiger partial charge in [0, 0.05) is 30.0 Å². The van der Waals surface area contributed by atoms with Crippen LogP contribution in [0.25, 0.3) is 4.85 Å². The van der Waals surface area contributed by atoms with Crippen molar-refractivity contribution in [3.8, 4) is 0 Å². The van der Waals surface area contributed by atoms with Gasteiger partial charge in [-0.15, -0.1) is 0 Å². The van der Waals surface area contributed by atoms with Gasteiger partial charge in [0.25, 0.3) is 5.54 Å². The molecule has 1 atom stereocenters. The van der Waals surface area contributed by atoms with Crippen molar-refractivity contribution < 1.29 is 14.3 Å². The molecule has 2 saturated carbocycles. The van der Waals surface area contributed by atoms with Crippen molar-refractivity contribution in [3.05, 3.63) is 40.7 Å². The lowest BCUT2D eigenvalue weighted by molar-refractivity contribution is -0.122. The van der Waals surface area contributed by atoms with Crippen molar-refractivity contribution in [2.75, 3.05) is 18.0 Å². The van der Waals surface area contributed by atoms with E-state index < -0.39 is 0 Å². The first-order valence-electron chi connectivity index (χ1n) is 8.78. The number of benzene rings is 1. The Kier molecular flexibility index (Phi) is 3.68. The molecule has 1 heterocycles. The van der Waals surface area contributed by atoms with Crippen LogP contribution in [-0.2, 0) is 15.1 Å². The molecule has 2 amide bonds. The second kappa shape index (κ2) is 5.76. The summed E-state index contributed by atoms with van der Waals surface area (Å²) in [5.41, 5.74) is 2.53. The summed E-state index contributed by atoms with van der Waals surface area (Å²) in [6.45, 7) is 10.2. The molecule has 3 fully saturated rings. The van der Waals surface area contributed by atoms with E-state index in [4.69, 9.17) is 11.3 Å². The van der Waals surface area contributed by atoms with Gasteiger partial charge < -0.3 is 14.9 Å². The van der Waals surface area contributed by atoms with Crippen molar-refractivity contribution in [3.63, 3.8) is 0 Å². The molecule has 0 aromatic heterocycles. The van der Waals surface area contributed by atoms with Crippen molar-refractivity contribution >= 4 is 17.7 Å². The van der Waals surface area contributed by atoms with E-state index in [0.717, 1.165) is 42.5 Å². The summed E-state index contributed by atoms with van der Waals surface area (Å²) in [7, 11) is 0. The molecule has 0 spiro atoms. The van der Waals surface area contributed by atoms with Crippen LogP contribution in [0.4, 0.5) is 10.5 Å². The maximum atomic E-state index is 12.2. The smallest absolute Gasteiger partial charge is 0.414 e. The molecule has 0 bridgehead atoms. The Morgan fingerprint density at radius 1 is 1.44 bits per heavy atom. The largest absolute Gasteiger partial charge is 0.442 e. The van der Waals surface area contributed by atoms with Crippen molar-refractivity contribution in [1.29, 1.82) is 0 Å². The predicted octanol–water partition coefficient (Wildman–Crippen LogP) is 2.75. The van der Waals surface area contributed by atoms with E-state index in [9.17, 15) is 9.59 Å². The first-order valence-corrected chi connectivity index (χ1v) is 8.78. The molecule has 25 heavy (non-hydrogen) atoms. The van der Waals surface area contributed by atoms with Crippen LogP contribution in [0.3, 0.4) is 0 Å². The molecule has 3 aliphatic rings. The van der Waals surface area contributed by atoms with Crippen LogP contribution in [0.1, 0.15) is 36.8 Å². The summed E-state index contributed by atoms with van der Waals surface area (Å²) in [6, 6.07) is 5.80. The summed E-state index contributed by atoms with van der Waals surface area (Å²) < 4.78 is 5.37. The fraction of sp³-hybridized carbons (Fsp3) is 0.526. The van der Waals surface area contributed by atoms with Gasteiger partial charge in [-0.05, 0) is 43.5 Å². The maximum absolute atomic E-state index is 12.2. The highest BCUT2D eigenvalue weighted by Gasteiger charge is 2.53. The number of hydrogen-bond donors (Lipinski definition) is 1. The molecular weight excluding hydrogens is 318 g/mol. The Hall–Kier alpha value is -2.55. The van der Waals surface area contributed by atoms with E-state index in [2.05, 4.69) is 10.2 Å². The fourth-order valence-corrected chi connectivity index (χ4v) is 3.44. The molecule has 1 aliphatic heterocycles. The normalized spacial score (nSPS) is 23.8. The third-order valence-electron chi connectivity index (χ3n) is 5.29. The van der Waals surface area contributed by atoms with Crippen LogP contribution in [0.2, 0.25) is 0 Å². The van der Waals surface area contributed by atoms with E-state index in [-0.39, 0.29) is 29.6 Å². The van der Waals surface area contributed by atoms with E-state index in [1.165, 1.54) is 0 Å². The van der Waals surface area contributed by atoms with Crippen molar-refractivity contribution in [1.82, 2.24) is 5.32 Å². The third-order valence-corrected chi connectivity index (χ3v) is 5.29. The molecule has 6 heteroatoms. The second-order valence-electron chi connectivity index (χ2n) is 7.28. The Balaban J connectivity index is 1.43. The third kappa shape index (κ3) is 2.95. The van der Waals surface area contributed by atoms with E-state index >= 15 is 0 Å². The van der Waals surface area contributed by atoms with Gasteiger partial charge in [-0.1, -0.05) is 0 Å². The molecule has 4 rings (SSSR count). The molecule has 6 nitrogen and oxygen atoms in total. The molecular formula is C19H21N3O3. The van der Waals surface area contributed by atoms with Gasteiger partial charge in [-0.3, -0.25) is 9.69 Å². The van der Waals surface area contributed by atoms with Gasteiger partial charge in [-0.25, -0.2) is 11.4 Å². The minimum absolute atomic E-state index is 0.0589. The first kappa shape index (κ1) is 15.9. The predicted molar refractivity (Wildman–Crippen MR) is 92.0 cm³/mol. The second-order valence-corrected chi connectivity index (χ2v) is 7.28. The average molecular weight is 339 g/mol. The average Bonchev–Trinajstić information content (AvgIpc) is 3.51. The van der Waals surface area contributed by atoms with Crippen molar-refractivity contribution in [2.24, 2.45) is 5.92 Å². The lowest BCUT2D eigenvalue weighted by Crippen LogP contribution is -2.35. The van der Waals surface area contributed by atoms with E-state index in [1.807, 2.05) is 25.1 Å². The zero-order chi connectivity index (χ0) is 17.6. The number of aryl methyl sites for hydroxylation is 1. The summed E-state index contributed by atoms with van der Waals surface area (Å²) in [5, 5.41) is 2.86. The fourth-order valence-electron chi connectivity index (χ4n) is 3.44. The number of amides is 2. The number of cyclic esters (lactones) is 1. The standard InChI is InChI=1S/C19H21N3O3/c1-12-9-14(5-6-16(12)19(20-2)7-8-19)22-11-15(25-18(22)24)10-21-17(23)13-3-4-13/h5-6,9,13,15H,3-4,7-8,10-11H2,1H3,(H,21,23). The molecule has 2 aliphatic carbocycles. The van der Waals surface area contributed by atoms with Crippen LogP contribution in [0.5, 0.6) is 0 Å². The van der Waals surface area contributed by atoms with Gasteiger partial charge >= 0.3 is 6.09 Å². The van der Waals surface area contributed by atoms with Gasteiger partial charge in [0.05, 0.1) is 13.1 Å². The molecule has 1 aromatic rings. The lowest BCUT2D eigenvalue weighted by Gasteiger charge is -2.16. The number of nitrogens with zero attached hydrogens (tertiary/aromatic N) is 2. The molecule has 130 valence electrons. The van der Waals surface area contributed by atoms with Crippen LogP contribution >= 0.6 is 0 Å². The Bertz CT molecular complexity index is 775. The topological polar surface area (TPSA) is 63.0 Å². The molecule has 1 saturated heterocycles. The molecule has 1 N–H and O–H groups in total. The molecule has 1 aromatic carbocycles. The minimum atomic E-state index is -0.385. The number of rotatable bonds is 5. The van der Waals surface area contributed by atoms with Crippen LogP contribution in [0, 0.1) is 19.4 Å². The van der Waals surface area contributed by atoms with Crippen LogP contribution < -0.4 is 10.2 Å². The molecule has 1 unspecified atom stereocenters. The van der Waals surface area contributed by atoms with Crippen LogP contribution in [0.15, 0.2) is 18.2 Å². The maximum Gasteiger partial charge on any atom is 0.414 e. The van der Waals surface area contributed by atoms with Gasteiger partial charge in [-0.2, -0.15) is 0 Å². The number of carbonyl (C=O) groups excluding carboxylic acids is 2. The Labute approximate surface area is 147 Å². The molecule has 0 radical (unpaired) electrons. The highest BCUT2D eigenvalue weighted by atomic mass is 16.6. The monoisotopic (exact) mass is 339 g/mol. The summed E-state index contributed by atoms with van der Waals surface area (Å²) in [6.07, 6.45) is 3.02.